The fourth-order valence-corrected chi connectivity index (χ4v) is 4.45. The van der Waals surface area contributed by atoms with Crippen LogP contribution in [0.1, 0.15) is 11.6 Å². The summed E-state index contributed by atoms with van der Waals surface area (Å²) < 4.78 is 0. The Morgan fingerprint density at radius 1 is 0.815 bits per heavy atom. The van der Waals surface area contributed by atoms with E-state index in [1.807, 2.05) is 0 Å². The molecule has 4 aromatic rings. The van der Waals surface area contributed by atoms with Gasteiger partial charge < -0.3 is 5.32 Å². The molecule has 0 aromatic heterocycles. The van der Waals surface area contributed by atoms with Crippen LogP contribution in [0.4, 0.5) is 0 Å². The lowest BCUT2D eigenvalue weighted by molar-refractivity contribution is 0.204. The van der Waals surface area contributed by atoms with Gasteiger partial charge in [-0.1, -0.05) is 60.7 Å². The van der Waals surface area contributed by atoms with Crippen molar-refractivity contribution in [1.29, 1.82) is 0 Å². The smallest absolute Gasteiger partial charge is 0.0536 e. The summed E-state index contributed by atoms with van der Waals surface area (Å²) in [5, 5.41) is 11.6. The van der Waals surface area contributed by atoms with Crippen LogP contribution in [0.2, 0.25) is 0 Å². The first-order valence-electron chi connectivity index (χ1n) is 9.10. The number of piperazine rings is 1. The molecule has 1 aliphatic rings. The van der Waals surface area contributed by atoms with Gasteiger partial charge >= 0.3 is 0 Å². The minimum atomic E-state index is 0. The van der Waals surface area contributed by atoms with Crippen molar-refractivity contribution in [2.45, 2.75) is 6.04 Å². The van der Waals surface area contributed by atoms with E-state index >= 15 is 0 Å². The van der Waals surface area contributed by atoms with E-state index in [9.17, 15) is 0 Å². The number of hydrogen-bond donors (Lipinski definition) is 1. The molecular formula is C23H24Cl2N2. The van der Waals surface area contributed by atoms with Gasteiger partial charge in [-0.3, -0.25) is 4.90 Å². The largest absolute Gasteiger partial charge is 0.314 e. The Labute approximate surface area is 172 Å². The Morgan fingerprint density at radius 3 is 2.07 bits per heavy atom. The van der Waals surface area contributed by atoms with Crippen molar-refractivity contribution in [2.24, 2.45) is 0 Å². The maximum Gasteiger partial charge on any atom is 0.0536 e. The SMILES string of the molecule is C=C[C@H](c1ccc2ccc3cccc4ccc1c2c34)N1CCNCC1.Cl.Cl. The van der Waals surface area contributed by atoms with E-state index < -0.39 is 0 Å². The molecule has 1 heterocycles. The molecule has 0 unspecified atom stereocenters. The third kappa shape index (κ3) is 3.17. The molecule has 1 aliphatic heterocycles. The van der Waals surface area contributed by atoms with Crippen LogP contribution < -0.4 is 5.32 Å². The van der Waals surface area contributed by atoms with E-state index in [4.69, 9.17) is 0 Å². The Morgan fingerprint density at radius 2 is 1.41 bits per heavy atom. The lowest BCUT2D eigenvalue weighted by atomic mass is 9.89. The molecule has 5 rings (SSSR count). The minimum Gasteiger partial charge on any atom is -0.314 e. The first-order valence-corrected chi connectivity index (χ1v) is 9.10. The Bertz CT molecular complexity index is 1050. The van der Waals surface area contributed by atoms with Crippen LogP contribution in [0, 0.1) is 0 Å². The highest BCUT2D eigenvalue weighted by atomic mass is 35.5. The van der Waals surface area contributed by atoms with Gasteiger partial charge in [-0.25, -0.2) is 0 Å². The van der Waals surface area contributed by atoms with E-state index in [1.165, 1.54) is 37.9 Å². The first kappa shape index (κ1) is 19.9. The first-order chi connectivity index (χ1) is 12.4. The van der Waals surface area contributed by atoms with Gasteiger partial charge in [0.1, 0.15) is 0 Å². The fraction of sp³-hybridized carbons (Fsp3) is 0.217. The molecule has 2 nitrogen and oxygen atoms in total. The van der Waals surface area contributed by atoms with Crippen LogP contribution in [-0.2, 0) is 0 Å². The summed E-state index contributed by atoms with van der Waals surface area (Å²) in [6, 6.07) is 20.5. The molecule has 0 spiro atoms. The molecule has 0 radical (unpaired) electrons. The molecule has 140 valence electrons. The van der Waals surface area contributed by atoms with E-state index in [0.717, 1.165) is 26.2 Å². The summed E-state index contributed by atoms with van der Waals surface area (Å²) in [4.78, 5) is 2.54. The lowest BCUT2D eigenvalue weighted by Gasteiger charge is -2.34. The minimum absolute atomic E-state index is 0. The molecule has 4 aromatic carbocycles. The topological polar surface area (TPSA) is 15.3 Å². The van der Waals surface area contributed by atoms with Crippen LogP contribution in [0.3, 0.4) is 0 Å². The Hall–Kier alpha value is -1.84. The van der Waals surface area contributed by atoms with Crippen LogP contribution >= 0.6 is 24.8 Å². The standard InChI is InChI=1S/C23H22N2.2ClH/c1-2-21(25-14-12-24-13-15-25)19-10-8-18-7-6-16-4-3-5-17-9-11-20(19)23(18)22(16)17;;/h2-11,21,24H,1,12-15H2;2*1H/t21-;;/m1../s1. The average Bonchev–Trinajstić information content (AvgIpc) is 2.68. The fourth-order valence-electron chi connectivity index (χ4n) is 4.45. The van der Waals surface area contributed by atoms with Gasteiger partial charge in [-0.05, 0) is 37.9 Å². The van der Waals surface area contributed by atoms with Crippen molar-refractivity contribution >= 4 is 57.1 Å². The molecule has 1 N–H and O–H groups in total. The van der Waals surface area contributed by atoms with Gasteiger partial charge in [0.05, 0.1) is 6.04 Å². The third-order valence-corrected chi connectivity index (χ3v) is 5.65. The predicted octanol–water partition coefficient (Wildman–Crippen LogP) is 5.56. The molecule has 0 amide bonds. The quantitative estimate of drug-likeness (QED) is 0.358. The zero-order chi connectivity index (χ0) is 16.8. The third-order valence-electron chi connectivity index (χ3n) is 5.65. The number of rotatable bonds is 3. The van der Waals surface area contributed by atoms with Crippen molar-refractivity contribution < 1.29 is 0 Å². The van der Waals surface area contributed by atoms with Gasteiger partial charge in [0.25, 0.3) is 0 Å². The molecule has 1 saturated heterocycles. The second kappa shape index (κ2) is 8.04. The molecule has 4 heteroatoms. The second-order valence-corrected chi connectivity index (χ2v) is 6.98. The predicted molar refractivity (Wildman–Crippen MR) is 122 cm³/mol. The molecule has 27 heavy (non-hydrogen) atoms. The zero-order valence-electron chi connectivity index (χ0n) is 15.2. The number of hydrogen-bond acceptors (Lipinski definition) is 2. The van der Waals surface area contributed by atoms with E-state index in [0.29, 0.717) is 0 Å². The lowest BCUT2D eigenvalue weighted by Crippen LogP contribution is -2.44. The molecule has 1 fully saturated rings. The van der Waals surface area contributed by atoms with Gasteiger partial charge in [0.2, 0.25) is 0 Å². The van der Waals surface area contributed by atoms with E-state index in [1.54, 1.807) is 0 Å². The molecule has 1 atom stereocenters. The summed E-state index contributed by atoms with van der Waals surface area (Å²) >= 11 is 0. The maximum atomic E-state index is 4.16. The van der Waals surface area contributed by atoms with Crippen LogP contribution in [-0.4, -0.2) is 31.1 Å². The zero-order valence-corrected chi connectivity index (χ0v) is 16.8. The number of nitrogens with one attached hydrogen (secondary N) is 1. The van der Waals surface area contributed by atoms with Crippen molar-refractivity contribution in [2.75, 3.05) is 26.2 Å². The molecule has 0 saturated carbocycles. The summed E-state index contributed by atoms with van der Waals surface area (Å²) in [7, 11) is 0. The van der Waals surface area contributed by atoms with Crippen molar-refractivity contribution in [3.8, 4) is 0 Å². The number of nitrogens with zero attached hydrogens (tertiary/aromatic N) is 1. The highest BCUT2D eigenvalue weighted by molar-refractivity contribution is 6.23. The average molecular weight is 399 g/mol. The van der Waals surface area contributed by atoms with Gasteiger partial charge in [0.15, 0.2) is 0 Å². The summed E-state index contributed by atoms with van der Waals surface area (Å²) in [6.07, 6.45) is 2.11. The summed E-state index contributed by atoms with van der Waals surface area (Å²) in [5.74, 6) is 0. The normalized spacial score (nSPS) is 16.1. The highest BCUT2D eigenvalue weighted by Gasteiger charge is 2.22. The highest BCUT2D eigenvalue weighted by Crippen LogP contribution is 2.38. The van der Waals surface area contributed by atoms with Gasteiger partial charge in [-0.15, -0.1) is 31.4 Å². The van der Waals surface area contributed by atoms with E-state index in [2.05, 4.69) is 77.5 Å². The van der Waals surface area contributed by atoms with Crippen LogP contribution in [0.25, 0.3) is 32.3 Å². The molecule has 0 bridgehead atoms. The van der Waals surface area contributed by atoms with Crippen LogP contribution in [0.15, 0.2) is 67.3 Å². The van der Waals surface area contributed by atoms with Crippen molar-refractivity contribution in [1.82, 2.24) is 10.2 Å². The molecular weight excluding hydrogens is 375 g/mol. The van der Waals surface area contributed by atoms with E-state index in [-0.39, 0.29) is 30.9 Å². The summed E-state index contributed by atoms with van der Waals surface area (Å²) in [6.45, 7) is 8.40. The van der Waals surface area contributed by atoms with Crippen LogP contribution in [0.5, 0.6) is 0 Å². The number of benzene rings is 4. The van der Waals surface area contributed by atoms with Gasteiger partial charge in [-0.2, -0.15) is 0 Å². The van der Waals surface area contributed by atoms with Crippen molar-refractivity contribution in [3.63, 3.8) is 0 Å². The number of halogens is 2. The Balaban J connectivity index is 0.00000105. The summed E-state index contributed by atoms with van der Waals surface area (Å²) in [5.41, 5.74) is 1.38. The van der Waals surface area contributed by atoms with Crippen molar-refractivity contribution in [3.05, 3.63) is 72.8 Å². The Kier molecular flexibility index (Phi) is 5.92. The van der Waals surface area contributed by atoms with Gasteiger partial charge in [0, 0.05) is 26.2 Å². The molecule has 0 aliphatic carbocycles. The maximum absolute atomic E-state index is 4.16. The second-order valence-electron chi connectivity index (χ2n) is 6.98. The monoisotopic (exact) mass is 398 g/mol.